The second-order valence-electron chi connectivity index (χ2n) is 12.1. The first-order chi connectivity index (χ1) is 19.7. The molecule has 1 heterocycles. The summed E-state index contributed by atoms with van der Waals surface area (Å²) in [6, 6.07) is 21.8. The number of rotatable bonds is 8. The Morgan fingerprint density at radius 3 is 2.51 bits per heavy atom. The molecule has 2 aliphatic rings. The van der Waals surface area contributed by atoms with Crippen LogP contribution in [0.2, 0.25) is 0 Å². The Hall–Kier alpha value is -3.64. The van der Waals surface area contributed by atoms with E-state index in [2.05, 4.69) is 61.3 Å². The fourth-order valence-corrected chi connectivity index (χ4v) is 5.82. The molecule has 0 fully saturated rings. The average molecular weight is 554 g/mol. The van der Waals surface area contributed by atoms with E-state index in [0.717, 1.165) is 30.4 Å². The van der Waals surface area contributed by atoms with E-state index in [1.807, 2.05) is 44.4 Å². The van der Waals surface area contributed by atoms with E-state index in [9.17, 15) is 9.59 Å². The normalized spacial score (nSPS) is 19.0. The fraction of sp³-hybridized carbons (Fsp3) is 0.429. The van der Waals surface area contributed by atoms with Crippen LogP contribution >= 0.6 is 0 Å². The van der Waals surface area contributed by atoms with E-state index in [4.69, 9.17) is 4.74 Å². The second kappa shape index (κ2) is 12.5. The van der Waals surface area contributed by atoms with Crippen molar-refractivity contribution in [2.45, 2.75) is 77.0 Å². The lowest BCUT2D eigenvalue weighted by atomic mass is 9.84. The van der Waals surface area contributed by atoms with Gasteiger partial charge >= 0.3 is 0 Å². The first kappa shape index (κ1) is 28.9. The van der Waals surface area contributed by atoms with E-state index < -0.39 is 6.04 Å². The van der Waals surface area contributed by atoms with Gasteiger partial charge < -0.3 is 19.9 Å². The molecule has 1 aliphatic heterocycles. The van der Waals surface area contributed by atoms with Gasteiger partial charge in [0, 0.05) is 24.6 Å². The first-order valence-corrected chi connectivity index (χ1v) is 14.9. The Morgan fingerprint density at radius 1 is 0.976 bits per heavy atom. The highest BCUT2D eigenvalue weighted by Gasteiger charge is 2.36. The number of amides is 2. The molecular weight excluding hydrogens is 510 g/mol. The molecule has 6 nitrogen and oxygen atoms in total. The van der Waals surface area contributed by atoms with Gasteiger partial charge in [0.1, 0.15) is 18.4 Å². The third-order valence-corrected chi connectivity index (χ3v) is 8.73. The first-order valence-electron chi connectivity index (χ1n) is 14.9. The molecule has 0 bridgehead atoms. The monoisotopic (exact) mass is 553 g/mol. The summed E-state index contributed by atoms with van der Waals surface area (Å²) in [7, 11) is 4.03. The SMILES string of the molecule is CC(C)c1ccc2c(c1)C(NC(=O)C1Cc3ccccc3CN1C(=O)c1cccc(OCC(C)N(C)C)c1)CCC2. The maximum absolute atomic E-state index is 14.0. The van der Waals surface area contributed by atoms with Crippen molar-refractivity contribution >= 4 is 11.8 Å². The molecule has 1 aliphatic carbocycles. The lowest BCUT2D eigenvalue weighted by Crippen LogP contribution is -2.53. The Kier molecular flexibility index (Phi) is 8.79. The minimum atomic E-state index is -0.589. The number of ether oxygens (including phenoxy) is 1. The molecule has 0 aromatic heterocycles. The molecule has 1 N–H and O–H groups in total. The topological polar surface area (TPSA) is 61.9 Å². The van der Waals surface area contributed by atoms with Crippen molar-refractivity contribution in [1.29, 1.82) is 0 Å². The van der Waals surface area contributed by atoms with Gasteiger partial charge in [-0.2, -0.15) is 0 Å². The van der Waals surface area contributed by atoms with E-state index in [-0.39, 0.29) is 23.9 Å². The number of benzene rings is 3. The highest BCUT2D eigenvalue weighted by molar-refractivity contribution is 5.98. The molecule has 0 spiro atoms. The molecule has 3 aromatic rings. The Labute approximate surface area is 244 Å². The van der Waals surface area contributed by atoms with Crippen LogP contribution in [0.25, 0.3) is 0 Å². The van der Waals surface area contributed by atoms with Crippen LogP contribution in [0.1, 0.15) is 83.7 Å². The molecule has 3 atom stereocenters. The zero-order valence-electron chi connectivity index (χ0n) is 25.0. The van der Waals surface area contributed by atoms with Gasteiger partial charge in [-0.3, -0.25) is 9.59 Å². The zero-order valence-corrected chi connectivity index (χ0v) is 25.0. The highest BCUT2D eigenvalue weighted by atomic mass is 16.5. The number of nitrogens with zero attached hydrogens (tertiary/aromatic N) is 2. The number of carbonyl (C=O) groups excluding carboxylic acids is 2. The van der Waals surface area contributed by atoms with Crippen molar-refractivity contribution in [2.24, 2.45) is 0 Å². The van der Waals surface area contributed by atoms with Gasteiger partial charge in [-0.1, -0.05) is 62.4 Å². The Bertz CT molecular complexity index is 1400. The van der Waals surface area contributed by atoms with E-state index in [1.165, 1.54) is 16.7 Å². The maximum atomic E-state index is 14.0. The van der Waals surface area contributed by atoms with Crippen LogP contribution in [0.3, 0.4) is 0 Å². The minimum Gasteiger partial charge on any atom is -0.492 e. The number of hydrogen-bond acceptors (Lipinski definition) is 4. The molecule has 0 radical (unpaired) electrons. The summed E-state index contributed by atoms with van der Waals surface area (Å²) in [4.78, 5) is 31.9. The molecule has 0 saturated carbocycles. The van der Waals surface area contributed by atoms with Crippen LogP contribution in [-0.2, 0) is 24.2 Å². The van der Waals surface area contributed by atoms with Crippen molar-refractivity contribution in [3.8, 4) is 5.75 Å². The number of nitrogens with one attached hydrogen (secondary N) is 1. The van der Waals surface area contributed by atoms with Crippen LogP contribution in [0, 0.1) is 0 Å². The predicted molar refractivity (Wildman–Crippen MR) is 163 cm³/mol. The van der Waals surface area contributed by atoms with E-state index in [1.54, 1.807) is 11.0 Å². The summed E-state index contributed by atoms with van der Waals surface area (Å²) in [6.07, 6.45) is 3.47. The Morgan fingerprint density at radius 2 is 1.76 bits per heavy atom. The summed E-state index contributed by atoms with van der Waals surface area (Å²) in [5, 5.41) is 3.37. The fourth-order valence-electron chi connectivity index (χ4n) is 5.82. The van der Waals surface area contributed by atoms with Gasteiger partial charge in [-0.15, -0.1) is 0 Å². The third-order valence-electron chi connectivity index (χ3n) is 8.73. The molecular formula is C35H43N3O3. The van der Waals surface area contributed by atoms with Crippen LogP contribution in [-0.4, -0.2) is 54.4 Å². The number of fused-ring (bicyclic) bond motifs is 2. The summed E-state index contributed by atoms with van der Waals surface area (Å²) in [5.74, 6) is 0.833. The molecule has 3 unspecified atom stereocenters. The zero-order chi connectivity index (χ0) is 29.1. The van der Waals surface area contributed by atoms with E-state index >= 15 is 0 Å². The van der Waals surface area contributed by atoms with Gasteiger partial charge in [0.05, 0.1) is 6.04 Å². The van der Waals surface area contributed by atoms with E-state index in [0.29, 0.717) is 36.8 Å². The van der Waals surface area contributed by atoms with Gasteiger partial charge in [-0.25, -0.2) is 0 Å². The molecule has 6 heteroatoms. The number of aryl methyl sites for hydroxylation is 1. The smallest absolute Gasteiger partial charge is 0.254 e. The van der Waals surface area contributed by atoms with Crippen LogP contribution in [0.5, 0.6) is 5.75 Å². The van der Waals surface area contributed by atoms with Crippen LogP contribution < -0.4 is 10.1 Å². The van der Waals surface area contributed by atoms with Crippen molar-refractivity contribution < 1.29 is 14.3 Å². The molecule has 2 amide bonds. The molecule has 216 valence electrons. The maximum Gasteiger partial charge on any atom is 0.254 e. The van der Waals surface area contributed by atoms with Gasteiger partial charge in [-0.05, 0) is 92.2 Å². The summed E-state index contributed by atoms with van der Waals surface area (Å²) < 4.78 is 6.01. The van der Waals surface area contributed by atoms with Gasteiger partial charge in [0.2, 0.25) is 5.91 Å². The van der Waals surface area contributed by atoms with Crippen molar-refractivity contribution in [2.75, 3.05) is 20.7 Å². The van der Waals surface area contributed by atoms with Crippen molar-refractivity contribution in [3.05, 3.63) is 100 Å². The summed E-state index contributed by atoms with van der Waals surface area (Å²) in [6.45, 7) is 7.41. The lowest BCUT2D eigenvalue weighted by molar-refractivity contribution is -0.127. The van der Waals surface area contributed by atoms with Gasteiger partial charge in [0.25, 0.3) is 5.91 Å². The molecule has 3 aromatic carbocycles. The van der Waals surface area contributed by atoms with Crippen LogP contribution in [0.4, 0.5) is 0 Å². The summed E-state index contributed by atoms with van der Waals surface area (Å²) >= 11 is 0. The average Bonchev–Trinajstić information content (AvgIpc) is 2.98. The summed E-state index contributed by atoms with van der Waals surface area (Å²) in [5.41, 5.74) is 6.56. The third kappa shape index (κ3) is 6.48. The van der Waals surface area contributed by atoms with Crippen LogP contribution in [0.15, 0.2) is 66.7 Å². The number of hydrogen-bond donors (Lipinski definition) is 1. The van der Waals surface area contributed by atoms with Crippen molar-refractivity contribution in [1.82, 2.24) is 15.1 Å². The minimum absolute atomic E-state index is 0.0468. The quantitative estimate of drug-likeness (QED) is 0.377. The number of carbonyl (C=O) groups is 2. The Balaban J connectivity index is 1.39. The number of likely N-dealkylation sites (N-methyl/N-ethyl adjacent to an activating group) is 1. The lowest BCUT2D eigenvalue weighted by Gasteiger charge is -2.37. The largest absolute Gasteiger partial charge is 0.492 e. The molecule has 5 rings (SSSR count). The second-order valence-corrected chi connectivity index (χ2v) is 12.1. The molecule has 41 heavy (non-hydrogen) atoms. The predicted octanol–water partition coefficient (Wildman–Crippen LogP) is 5.90. The highest BCUT2D eigenvalue weighted by Crippen LogP contribution is 2.33. The van der Waals surface area contributed by atoms with Gasteiger partial charge in [0.15, 0.2) is 0 Å². The van der Waals surface area contributed by atoms with Crippen molar-refractivity contribution in [3.63, 3.8) is 0 Å². The standard InChI is InChI=1S/C35H43N3O3/c1-23(2)26-17-16-25-12-9-15-32(31(25)19-26)36-34(39)33-20-27-10-6-7-11-29(27)21-38(33)35(40)28-13-8-14-30(18-28)41-22-24(3)37(4)5/h6-8,10-11,13-14,16-19,23-24,32-33H,9,12,15,20-22H2,1-5H3,(H,36,39). The molecule has 0 saturated heterocycles.